The number of ether oxygens (including phenoxy) is 1. The monoisotopic (exact) mass is 290 g/mol. The summed E-state index contributed by atoms with van der Waals surface area (Å²) in [5.74, 6) is 0.526. The van der Waals surface area contributed by atoms with E-state index in [1.165, 1.54) is 0 Å². The molecule has 0 aliphatic carbocycles. The zero-order valence-corrected chi connectivity index (χ0v) is 11.8. The van der Waals surface area contributed by atoms with Gasteiger partial charge in [-0.3, -0.25) is 15.6 Å². The highest BCUT2D eigenvalue weighted by Gasteiger charge is 2.05. The van der Waals surface area contributed by atoms with Gasteiger partial charge in [0.2, 0.25) is 0 Å². The smallest absolute Gasteiger partial charge is 0.269 e. The lowest BCUT2D eigenvalue weighted by Crippen LogP contribution is -2.29. The van der Waals surface area contributed by atoms with Gasteiger partial charge in [0.25, 0.3) is 5.91 Å². The molecule has 104 valence electrons. The minimum atomic E-state index is -0.219. The molecule has 0 fully saturated rings. The SMILES string of the molecule is CCOc1ccc(C(=O)NNc2ccc(Cl)cc2)cc1. The number of hydrogen-bond acceptors (Lipinski definition) is 3. The summed E-state index contributed by atoms with van der Waals surface area (Å²) in [5, 5.41) is 0.647. The first-order valence-corrected chi connectivity index (χ1v) is 6.61. The molecule has 2 N–H and O–H groups in total. The number of hydrazine groups is 1. The number of halogens is 1. The number of rotatable bonds is 5. The molecule has 2 aromatic carbocycles. The predicted molar refractivity (Wildman–Crippen MR) is 80.2 cm³/mol. The van der Waals surface area contributed by atoms with Gasteiger partial charge in [-0.05, 0) is 55.5 Å². The van der Waals surface area contributed by atoms with Gasteiger partial charge in [0.05, 0.1) is 12.3 Å². The molecule has 0 aliphatic heterocycles. The Morgan fingerprint density at radius 1 is 1.10 bits per heavy atom. The lowest BCUT2D eigenvalue weighted by Gasteiger charge is -2.09. The van der Waals surface area contributed by atoms with E-state index >= 15 is 0 Å². The van der Waals surface area contributed by atoms with E-state index in [2.05, 4.69) is 10.9 Å². The molecule has 0 aromatic heterocycles. The zero-order chi connectivity index (χ0) is 14.4. The number of anilines is 1. The van der Waals surface area contributed by atoms with Crippen molar-refractivity contribution in [3.8, 4) is 5.75 Å². The van der Waals surface area contributed by atoms with Crippen LogP contribution in [0.15, 0.2) is 48.5 Å². The maximum absolute atomic E-state index is 11.9. The van der Waals surface area contributed by atoms with Crippen LogP contribution in [0, 0.1) is 0 Å². The van der Waals surface area contributed by atoms with Crippen molar-refractivity contribution in [2.75, 3.05) is 12.0 Å². The van der Waals surface area contributed by atoms with Gasteiger partial charge in [0.15, 0.2) is 0 Å². The molecule has 0 saturated heterocycles. The molecule has 20 heavy (non-hydrogen) atoms. The summed E-state index contributed by atoms with van der Waals surface area (Å²) in [6, 6.07) is 14.0. The highest BCUT2D eigenvalue weighted by atomic mass is 35.5. The van der Waals surface area contributed by atoms with Gasteiger partial charge in [0, 0.05) is 10.6 Å². The van der Waals surface area contributed by atoms with Gasteiger partial charge in [-0.15, -0.1) is 0 Å². The van der Waals surface area contributed by atoms with Crippen molar-refractivity contribution in [3.63, 3.8) is 0 Å². The van der Waals surface area contributed by atoms with E-state index in [-0.39, 0.29) is 5.91 Å². The zero-order valence-electron chi connectivity index (χ0n) is 11.0. The summed E-state index contributed by atoms with van der Waals surface area (Å²) in [4.78, 5) is 11.9. The number of nitrogens with one attached hydrogen (secondary N) is 2. The molecule has 0 radical (unpaired) electrons. The van der Waals surface area contributed by atoms with Gasteiger partial charge >= 0.3 is 0 Å². The van der Waals surface area contributed by atoms with Gasteiger partial charge < -0.3 is 4.74 Å². The standard InChI is InChI=1S/C15H15ClN2O2/c1-2-20-14-9-3-11(4-10-14)15(19)18-17-13-7-5-12(16)6-8-13/h3-10,17H,2H2,1H3,(H,18,19). The molecule has 0 atom stereocenters. The maximum atomic E-state index is 11.9. The number of carbonyl (C=O) groups is 1. The Balaban J connectivity index is 1.92. The average Bonchev–Trinajstić information content (AvgIpc) is 2.47. The highest BCUT2D eigenvalue weighted by molar-refractivity contribution is 6.30. The lowest BCUT2D eigenvalue weighted by atomic mass is 10.2. The molecule has 1 amide bonds. The van der Waals surface area contributed by atoms with Crippen LogP contribution in [-0.4, -0.2) is 12.5 Å². The Kier molecular flexibility index (Phi) is 4.85. The first-order chi connectivity index (χ1) is 9.69. The van der Waals surface area contributed by atoms with Crippen molar-refractivity contribution >= 4 is 23.2 Å². The third-order valence-electron chi connectivity index (χ3n) is 2.59. The van der Waals surface area contributed by atoms with Crippen molar-refractivity contribution in [1.29, 1.82) is 0 Å². The van der Waals surface area contributed by atoms with E-state index in [4.69, 9.17) is 16.3 Å². The second kappa shape index (κ2) is 6.82. The minimum absolute atomic E-state index is 0.219. The summed E-state index contributed by atoms with van der Waals surface area (Å²) >= 11 is 5.78. The third kappa shape index (κ3) is 3.90. The molecule has 2 aromatic rings. The fourth-order valence-electron chi connectivity index (χ4n) is 1.60. The fourth-order valence-corrected chi connectivity index (χ4v) is 1.73. The normalized spacial score (nSPS) is 9.90. The maximum Gasteiger partial charge on any atom is 0.269 e. The van der Waals surface area contributed by atoms with Crippen molar-refractivity contribution < 1.29 is 9.53 Å². The van der Waals surface area contributed by atoms with E-state index in [1.54, 1.807) is 48.5 Å². The van der Waals surface area contributed by atoms with Crippen LogP contribution >= 0.6 is 11.6 Å². The van der Waals surface area contributed by atoms with Gasteiger partial charge in [-0.25, -0.2) is 0 Å². The molecular weight excluding hydrogens is 276 g/mol. The number of amides is 1. The largest absolute Gasteiger partial charge is 0.494 e. The van der Waals surface area contributed by atoms with Crippen molar-refractivity contribution in [1.82, 2.24) is 5.43 Å². The topological polar surface area (TPSA) is 50.4 Å². The molecule has 0 unspecified atom stereocenters. The Bertz CT molecular complexity index is 567. The van der Waals surface area contributed by atoms with Crippen LogP contribution in [0.5, 0.6) is 5.75 Å². The number of carbonyl (C=O) groups excluding carboxylic acids is 1. The molecule has 0 aliphatic rings. The second-order valence-corrected chi connectivity index (χ2v) is 4.48. The Hall–Kier alpha value is -2.20. The van der Waals surface area contributed by atoms with Crippen LogP contribution in [0.3, 0.4) is 0 Å². The van der Waals surface area contributed by atoms with Crippen molar-refractivity contribution in [3.05, 3.63) is 59.1 Å². The Labute approximate surface area is 122 Å². The minimum Gasteiger partial charge on any atom is -0.494 e. The van der Waals surface area contributed by atoms with Crippen LogP contribution in [-0.2, 0) is 0 Å². The Morgan fingerprint density at radius 3 is 2.35 bits per heavy atom. The first-order valence-electron chi connectivity index (χ1n) is 6.24. The fraction of sp³-hybridized carbons (Fsp3) is 0.133. The molecule has 5 heteroatoms. The van der Waals surface area contributed by atoms with E-state index < -0.39 is 0 Å². The average molecular weight is 291 g/mol. The molecule has 0 bridgehead atoms. The van der Waals surface area contributed by atoms with Crippen LogP contribution in [0.1, 0.15) is 17.3 Å². The van der Waals surface area contributed by atoms with Crippen LogP contribution in [0.25, 0.3) is 0 Å². The molecule has 0 saturated carbocycles. The van der Waals surface area contributed by atoms with Crippen LogP contribution in [0.4, 0.5) is 5.69 Å². The summed E-state index contributed by atoms with van der Waals surface area (Å²) in [5.41, 5.74) is 6.74. The van der Waals surface area contributed by atoms with Crippen molar-refractivity contribution in [2.45, 2.75) is 6.92 Å². The quantitative estimate of drug-likeness (QED) is 0.829. The molecule has 4 nitrogen and oxygen atoms in total. The molecule has 0 heterocycles. The Morgan fingerprint density at radius 2 is 1.75 bits per heavy atom. The predicted octanol–water partition coefficient (Wildman–Crippen LogP) is 3.50. The first kappa shape index (κ1) is 14.2. The second-order valence-electron chi connectivity index (χ2n) is 4.04. The van der Waals surface area contributed by atoms with Gasteiger partial charge in [-0.1, -0.05) is 11.6 Å². The highest BCUT2D eigenvalue weighted by Crippen LogP contribution is 2.14. The van der Waals surface area contributed by atoms with Crippen LogP contribution in [0.2, 0.25) is 5.02 Å². The third-order valence-corrected chi connectivity index (χ3v) is 2.84. The van der Waals surface area contributed by atoms with E-state index in [1.807, 2.05) is 6.92 Å². The summed E-state index contributed by atoms with van der Waals surface area (Å²) in [6.07, 6.45) is 0. The molecular formula is C15H15ClN2O2. The number of benzene rings is 2. The summed E-state index contributed by atoms with van der Waals surface area (Å²) < 4.78 is 5.32. The van der Waals surface area contributed by atoms with Crippen LogP contribution < -0.4 is 15.6 Å². The van der Waals surface area contributed by atoms with E-state index in [0.29, 0.717) is 17.2 Å². The summed E-state index contributed by atoms with van der Waals surface area (Å²) in [6.45, 7) is 2.51. The van der Waals surface area contributed by atoms with Gasteiger partial charge in [-0.2, -0.15) is 0 Å². The van der Waals surface area contributed by atoms with E-state index in [0.717, 1.165) is 11.4 Å². The molecule has 0 spiro atoms. The lowest BCUT2D eigenvalue weighted by molar-refractivity contribution is 0.0962. The summed E-state index contributed by atoms with van der Waals surface area (Å²) in [7, 11) is 0. The van der Waals surface area contributed by atoms with Gasteiger partial charge in [0.1, 0.15) is 5.75 Å². The van der Waals surface area contributed by atoms with E-state index in [9.17, 15) is 4.79 Å². The molecule has 2 rings (SSSR count). The van der Waals surface area contributed by atoms with Crippen molar-refractivity contribution in [2.24, 2.45) is 0 Å². The number of hydrogen-bond donors (Lipinski definition) is 2.